The highest BCUT2D eigenvalue weighted by molar-refractivity contribution is 7.17. The first kappa shape index (κ1) is 15.8. The molecule has 0 bridgehead atoms. The minimum atomic E-state index is 0.821. The van der Waals surface area contributed by atoms with E-state index in [9.17, 15) is 0 Å². The fourth-order valence-corrected chi connectivity index (χ4v) is 4.74. The van der Waals surface area contributed by atoms with E-state index >= 15 is 0 Å². The number of aromatic amines is 1. The van der Waals surface area contributed by atoms with Crippen LogP contribution in [0.2, 0.25) is 0 Å². The molecule has 5 nitrogen and oxygen atoms in total. The largest absolute Gasteiger partial charge is 0.353 e. The van der Waals surface area contributed by atoms with Crippen LogP contribution < -0.4 is 4.90 Å². The molecule has 1 saturated heterocycles. The van der Waals surface area contributed by atoms with E-state index in [0.717, 1.165) is 55.4 Å². The fraction of sp³-hybridized carbons (Fsp3) is 0.300. The van der Waals surface area contributed by atoms with E-state index in [4.69, 9.17) is 4.98 Å². The van der Waals surface area contributed by atoms with Gasteiger partial charge in [-0.25, -0.2) is 9.97 Å². The summed E-state index contributed by atoms with van der Waals surface area (Å²) in [6.07, 6.45) is 1.94. The summed E-state index contributed by atoms with van der Waals surface area (Å²) in [5.74, 6) is 1.89. The van der Waals surface area contributed by atoms with E-state index < -0.39 is 0 Å². The van der Waals surface area contributed by atoms with Crippen molar-refractivity contribution in [2.75, 3.05) is 31.1 Å². The Morgan fingerprint density at radius 1 is 1.04 bits per heavy atom. The van der Waals surface area contributed by atoms with Gasteiger partial charge in [0.2, 0.25) is 0 Å². The number of thiophene rings is 1. The lowest BCUT2D eigenvalue weighted by Crippen LogP contribution is -2.46. The maximum absolute atomic E-state index is 4.72. The van der Waals surface area contributed by atoms with Crippen LogP contribution in [0.5, 0.6) is 0 Å². The molecule has 1 aliphatic heterocycles. The molecule has 0 unspecified atom stereocenters. The molecule has 0 saturated carbocycles. The Morgan fingerprint density at radius 2 is 1.88 bits per heavy atom. The van der Waals surface area contributed by atoms with E-state index in [2.05, 4.69) is 55.5 Å². The zero-order chi connectivity index (χ0) is 17.5. The Labute approximate surface area is 156 Å². The van der Waals surface area contributed by atoms with Crippen molar-refractivity contribution in [2.45, 2.75) is 13.5 Å². The van der Waals surface area contributed by atoms with E-state index in [1.807, 2.05) is 24.5 Å². The van der Waals surface area contributed by atoms with Gasteiger partial charge in [-0.1, -0.05) is 18.2 Å². The number of H-pyrrole nitrogens is 1. The smallest absolute Gasteiger partial charge is 0.143 e. The maximum atomic E-state index is 4.72. The number of anilines is 1. The molecule has 26 heavy (non-hydrogen) atoms. The van der Waals surface area contributed by atoms with Crippen LogP contribution in [-0.4, -0.2) is 46.0 Å². The molecule has 0 atom stereocenters. The summed E-state index contributed by atoms with van der Waals surface area (Å²) >= 11 is 1.85. The Morgan fingerprint density at radius 3 is 2.77 bits per heavy atom. The Hall–Kier alpha value is -2.44. The standard InChI is InChI=1S/C20H21N5S/c1-14-22-19-17(6-7-21-19)20(23-14)25-10-8-24(9-11-25)12-15-13-26-18-5-3-2-4-16(15)18/h2-7,13H,8-12H2,1H3,(H,21,22,23). The molecule has 5 rings (SSSR count). The summed E-state index contributed by atoms with van der Waals surface area (Å²) in [7, 11) is 0. The predicted octanol–water partition coefficient (Wildman–Crippen LogP) is 3.80. The monoisotopic (exact) mass is 363 g/mol. The lowest BCUT2D eigenvalue weighted by atomic mass is 10.1. The van der Waals surface area contributed by atoms with Gasteiger partial charge in [0.15, 0.2) is 0 Å². The number of hydrogen-bond acceptors (Lipinski definition) is 5. The van der Waals surface area contributed by atoms with Gasteiger partial charge in [-0.05, 0) is 35.4 Å². The lowest BCUT2D eigenvalue weighted by Gasteiger charge is -2.35. The van der Waals surface area contributed by atoms with Crippen LogP contribution in [0.25, 0.3) is 21.1 Å². The third-order valence-electron chi connectivity index (χ3n) is 5.13. The number of benzene rings is 1. The zero-order valence-electron chi connectivity index (χ0n) is 14.8. The molecule has 1 fully saturated rings. The number of hydrogen-bond donors (Lipinski definition) is 1. The van der Waals surface area contributed by atoms with Crippen LogP contribution in [0, 0.1) is 6.92 Å². The maximum Gasteiger partial charge on any atom is 0.143 e. The highest BCUT2D eigenvalue weighted by atomic mass is 32.1. The van der Waals surface area contributed by atoms with Gasteiger partial charge >= 0.3 is 0 Å². The molecule has 0 aliphatic carbocycles. The Balaban J connectivity index is 1.32. The molecule has 4 aromatic rings. The van der Waals surface area contributed by atoms with Crippen molar-refractivity contribution in [3.05, 3.63) is 53.3 Å². The van der Waals surface area contributed by atoms with E-state index in [1.54, 1.807) is 0 Å². The van der Waals surface area contributed by atoms with Gasteiger partial charge in [0.05, 0.1) is 5.39 Å². The Bertz CT molecular complexity index is 1060. The van der Waals surface area contributed by atoms with Crippen molar-refractivity contribution in [3.8, 4) is 0 Å². The fourth-order valence-electron chi connectivity index (χ4n) is 3.79. The molecule has 4 heterocycles. The van der Waals surface area contributed by atoms with Crippen molar-refractivity contribution in [3.63, 3.8) is 0 Å². The average Bonchev–Trinajstić information content (AvgIpc) is 3.29. The summed E-state index contributed by atoms with van der Waals surface area (Å²) in [5.41, 5.74) is 2.38. The molecule has 3 aromatic heterocycles. The van der Waals surface area contributed by atoms with Crippen LogP contribution >= 0.6 is 11.3 Å². The number of nitrogens with one attached hydrogen (secondary N) is 1. The minimum Gasteiger partial charge on any atom is -0.353 e. The predicted molar refractivity (Wildman–Crippen MR) is 108 cm³/mol. The molecule has 1 aromatic carbocycles. The first-order valence-corrected chi connectivity index (χ1v) is 9.90. The number of aryl methyl sites for hydroxylation is 1. The van der Waals surface area contributed by atoms with Crippen LogP contribution in [-0.2, 0) is 6.54 Å². The van der Waals surface area contributed by atoms with Crippen molar-refractivity contribution < 1.29 is 0 Å². The molecule has 0 amide bonds. The first-order valence-electron chi connectivity index (χ1n) is 9.02. The van der Waals surface area contributed by atoms with Crippen LogP contribution in [0.3, 0.4) is 0 Å². The average molecular weight is 363 g/mol. The highest BCUT2D eigenvalue weighted by Crippen LogP contribution is 2.28. The van der Waals surface area contributed by atoms with Crippen LogP contribution in [0.4, 0.5) is 5.82 Å². The lowest BCUT2D eigenvalue weighted by molar-refractivity contribution is 0.250. The van der Waals surface area contributed by atoms with E-state index in [1.165, 1.54) is 15.6 Å². The summed E-state index contributed by atoms with van der Waals surface area (Å²) < 4.78 is 1.38. The van der Waals surface area contributed by atoms with Crippen molar-refractivity contribution in [1.29, 1.82) is 0 Å². The van der Waals surface area contributed by atoms with Crippen LogP contribution in [0.15, 0.2) is 41.9 Å². The topological polar surface area (TPSA) is 48.1 Å². The third-order valence-corrected chi connectivity index (χ3v) is 6.15. The number of fused-ring (bicyclic) bond motifs is 2. The SMILES string of the molecule is Cc1nc(N2CCN(Cc3csc4ccccc34)CC2)c2cc[nH]c2n1. The summed E-state index contributed by atoms with van der Waals surface area (Å²) in [6, 6.07) is 10.8. The van der Waals surface area contributed by atoms with E-state index in [0.29, 0.717) is 0 Å². The molecule has 0 radical (unpaired) electrons. The second-order valence-electron chi connectivity index (χ2n) is 6.85. The molecular weight excluding hydrogens is 342 g/mol. The van der Waals surface area contributed by atoms with Crippen molar-refractivity contribution >= 4 is 38.3 Å². The van der Waals surface area contributed by atoms with Gasteiger partial charge in [-0.2, -0.15) is 0 Å². The van der Waals surface area contributed by atoms with Gasteiger partial charge in [0.1, 0.15) is 17.3 Å². The second-order valence-corrected chi connectivity index (χ2v) is 7.77. The molecule has 132 valence electrons. The van der Waals surface area contributed by atoms with E-state index in [-0.39, 0.29) is 0 Å². The number of piperazine rings is 1. The number of rotatable bonds is 3. The molecule has 1 N–H and O–H groups in total. The molecule has 1 aliphatic rings. The highest BCUT2D eigenvalue weighted by Gasteiger charge is 2.21. The normalized spacial score (nSPS) is 16.0. The zero-order valence-corrected chi connectivity index (χ0v) is 15.6. The summed E-state index contributed by atoms with van der Waals surface area (Å²) in [5, 5.41) is 4.84. The van der Waals surface area contributed by atoms with Crippen LogP contribution in [0.1, 0.15) is 11.4 Å². The van der Waals surface area contributed by atoms with Gasteiger partial charge in [0, 0.05) is 43.6 Å². The molecule has 0 spiro atoms. The quantitative estimate of drug-likeness (QED) is 0.601. The van der Waals surface area contributed by atoms with Gasteiger partial charge in [-0.3, -0.25) is 4.90 Å². The summed E-state index contributed by atoms with van der Waals surface area (Å²) in [6.45, 7) is 7.10. The van der Waals surface area contributed by atoms with Crippen molar-refractivity contribution in [1.82, 2.24) is 19.9 Å². The van der Waals surface area contributed by atoms with Crippen molar-refractivity contribution in [2.24, 2.45) is 0 Å². The molecule has 6 heteroatoms. The number of aromatic nitrogens is 3. The second kappa shape index (κ2) is 6.37. The Kier molecular flexibility index (Phi) is 3.87. The van der Waals surface area contributed by atoms with Gasteiger partial charge in [0.25, 0.3) is 0 Å². The summed E-state index contributed by atoms with van der Waals surface area (Å²) in [4.78, 5) is 17.4. The number of nitrogens with zero attached hydrogens (tertiary/aromatic N) is 4. The minimum absolute atomic E-state index is 0.821. The molecular formula is C20H21N5S. The third kappa shape index (κ3) is 2.75. The van der Waals surface area contributed by atoms with Gasteiger partial charge < -0.3 is 9.88 Å². The van der Waals surface area contributed by atoms with Gasteiger partial charge in [-0.15, -0.1) is 11.3 Å². The first-order chi connectivity index (χ1) is 12.8.